The van der Waals surface area contributed by atoms with Crippen molar-refractivity contribution in [3.63, 3.8) is 0 Å². The molecular formula is C16H12F4N2O2. The van der Waals surface area contributed by atoms with E-state index >= 15 is 0 Å². The molecule has 2 N–H and O–H groups in total. The van der Waals surface area contributed by atoms with Crippen molar-refractivity contribution >= 4 is 17.5 Å². The first-order valence-electron chi connectivity index (χ1n) is 6.76. The minimum absolute atomic E-state index is 0.0531. The first kappa shape index (κ1) is 17.5. The highest BCUT2D eigenvalue weighted by atomic mass is 19.4. The van der Waals surface area contributed by atoms with E-state index in [1.54, 1.807) is 0 Å². The Morgan fingerprint density at radius 2 is 1.67 bits per heavy atom. The Morgan fingerprint density at radius 1 is 1.00 bits per heavy atom. The number of carbonyl (C=O) groups is 2. The fourth-order valence-corrected chi connectivity index (χ4v) is 1.84. The van der Waals surface area contributed by atoms with E-state index in [9.17, 15) is 27.2 Å². The van der Waals surface area contributed by atoms with Crippen LogP contribution >= 0.6 is 0 Å². The number of rotatable bonds is 4. The van der Waals surface area contributed by atoms with E-state index in [-0.39, 0.29) is 11.3 Å². The molecule has 0 atom stereocenters. The summed E-state index contributed by atoms with van der Waals surface area (Å²) in [6.45, 7) is -0.406. The van der Waals surface area contributed by atoms with E-state index in [0.29, 0.717) is 0 Å². The molecule has 0 aliphatic carbocycles. The van der Waals surface area contributed by atoms with Crippen molar-refractivity contribution in [1.82, 2.24) is 5.32 Å². The number of hydrogen-bond donors (Lipinski definition) is 2. The lowest BCUT2D eigenvalue weighted by atomic mass is 10.2. The minimum Gasteiger partial charge on any atom is -0.343 e. The van der Waals surface area contributed by atoms with Crippen molar-refractivity contribution in [1.29, 1.82) is 0 Å². The minimum atomic E-state index is -4.46. The van der Waals surface area contributed by atoms with Crippen LogP contribution in [0.1, 0.15) is 15.9 Å². The summed E-state index contributed by atoms with van der Waals surface area (Å²) in [5, 5.41) is 4.63. The third kappa shape index (κ3) is 4.80. The highest BCUT2D eigenvalue weighted by molar-refractivity contribution is 5.99. The van der Waals surface area contributed by atoms with Gasteiger partial charge in [0.05, 0.1) is 12.1 Å². The maximum Gasteiger partial charge on any atom is 0.416 e. The summed E-state index contributed by atoms with van der Waals surface area (Å²) < 4.78 is 50.3. The molecule has 2 aromatic rings. The lowest BCUT2D eigenvalue weighted by Crippen LogP contribution is -2.32. The Bertz CT molecular complexity index is 742. The highest BCUT2D eigenvalue weighted by Crippen LogP contribution is 2.29. The van der Waals surface area contributed by atoms with Crippen LogP contribution in [0, 0.1) is 5.82 Å². The molecule has 0 aliphatic heterocycles. The summed E-state index contributed by atoms with van der Waals surface area (Å²) in [6.07, 6.45) is -4.46. The van der Waals surface area contributed by atoms with Crippen LogP contribution in [0.5, 0.6) is 0 Å². The van der Waals surface area contributed by atoms with Gasteiger partial charge in [0.15, 0.2) is 0 Å². The number of anilines is 1. The van der Waals surface area contributed by atoms with Gasteiger partial charge in [-0.15, -0.1) is 0 Å². The molecule has 0 unspecified atom stereocenters. The van der Waals surface area contributed by atoms with E-state index in [1.807, 2.05) is 0 Å². The molecule has 0 heterocycles. The van der Waals surface area contributed by atoms with Crippen LogP contribution in [0.3, 0.4) is 0 Å². The normalized spacial score (nSPS) is 11.0. The summed E-state index contributed by atoms with van der Waals surface area (Å²) in [5.41, 5.74) is -0.620. The van der Waals surface area contributed by atoms with E-state index < -0.39 is 35.9 Å². The number of halogens is 4. The van der Waals surface area contributed by atoms with Crippen molar-refractivity contribution in [2.45, 2.75) is 6.18 Å². The van der Waals surface area contributed by atoms with Gasteiger partial charge < -0.3 is 10.6 Å². The van der Waals surface area contributed by atoms with Gasteiger partial charge in [-0.05, 0) is 42.5 Å². The van der Waals surface area contributed by atoms with Gasteiger partial charge in [-0.3, -0.25) is 9.59 Å². The number of hydrogen-bond acceptors (Lipinski definition) is 2. The number of carbonyl (C=O) groups excluding carboxylic acids is 2. The molecule has 4 nitrogen and oxygen atoms in total. The van der Waals surface area contributed by atoms with Gasteiger partial charge in [0.2, 0.25) is 5.91 Å². The number of nitrogens with one attached hydrogen (secondary N) is 2. The predicted octanol–water partition coefficient (Wildman–Crippen LogP) is 3.21. The monoisotopic (exact) mass is 340 g/mol. The van der Waals surface area contributed by atoms with E-state index in [0.717, 1.165) is 30.3 Å². The van der Waals surface area contributed by atoms with Crippen LogP contribution in [-0.4, -0.2) is 18.4 Å². The second-order valence-electron chi connectivity index (χ2n) is 4.82. The Kier molecular flexibility index (Phi) is 5.18. The summed E-state index contributed by atoms with van der Waals surface area (Å²) in [4.78, 5) is 23.4. The van der Waals surface area contributed by atoms with Crippen molar-refractivity contribution < 1.29 is 27.2 Å². The van der Waals surface area contributed by atoms with Gasteiger partial charge in [-0.1, -0.05) is 6.07 Å². The zero-order valence-electron chi connectivity index (χ0n) is 12.2. The third-order valence-corrected chi connectivity index (χ3v) is 2.99. The number of alkyl halides is 3. The molecule has 8 heteroatoms. The van der Waals surface area contributed by atoms with Gasteiger partial charge >= 0.3 is 6.18 Å². The van der Waals surface area contributed by atoms with Crippen molar-refractivity contribution in [3.05, 3.63) is 65.5 Å². The maximum absolute atomic E-state index is 13.0. The smallest absolute Gasteiger partial charge is 0.343 e. The molecular weight excluding hydrogens is 328 g/mol. The molecule has 0 saturated heterocycles. The Morgan fingerprint density at radius 3 is 2.25 bits per heavy atom. The van der Waals surface area contributed by atoms with E-state index in [2.05, 4.69) is 10.6 Å². The zero-order chi connectivity index (χ0) is 17.7. The fraction of sp³-hybridized carbons (Fsp3) is 0.125. The van der Waals surface area contributed by atoms with Gasteiger partial charge in [0.1, 0.15) is 5.82 Å². The standard InChI is InChI=1S/C16H12F4N2O2/c17-12-3-1-2-10(8-12)15(24)21-9-14(23)22-13-6-4-11(5-7-13)16(18,19)20/h1-8H,9H2,(H,21,24)(H,22,23). The average molecular weight is 340 g/mol. The highest BCUT2D eigenvalue weighted by Gasteiger charge is 2.29. The molecule has 0 aliphatic rings. The van der Waals surface area contributed by atoms with E-state index in [1.165, 1.54) is 18.2 Å². The molecule has 0 fully saturated rings. The number of benzene rings is 2. The largest absolute Gasteiger partial charge is 0.416 e. The van der Waals surface area contributed by atoms with Gasteiger partial charge in [-0.25, -0.2) is 4.39 Å². The van der Waals surface area contributed by atoms with Crippen LogP contribution in [0.25, 0.3) is 0 Å². The Hall–Kier alpha value is -2.90. The van der Waals surface area contributed by atoms with Crippen molar-refractivity contribution in [2.24, 2.45) is 0 Å². The summed E-state index contributed by atoms with van der Waals surface area (Å²) >= 11 is 0. The second-order valence-corrected chi connectivity index (χ2v) is 4.82. The molecule has 2 rings (SSSR count). The Balaban J connectivity index is 1.88. The Labute approximate surface area is 134 Å². The first-order chi connectivity index (χ1) is 11.3. The lowest BCUT2D eigenvalue weighted by Gasteiger charge is -2.09. The topological polar surface area (TPSA) is 58.2 Å². The summed E-state index contributed by atoms with van der Waals surface area (Å²) in [6, 6.07) is 8.81. The van der Waals surface area contributed by atoms with Gasteiger partial charge in [0, 0.05) is 11.3 Å². The van der Waals surface area contributed by atoms with Gasteiger partial charge in [-0.2, -0.15) is 13.2 Å². The molecule has 0 radical (unpaired) electrons. The zero-order valence-corrected chi connectivity index (χ0v) is 12.2. The molecule has 0 aromatic heterocycles. The number of amides is 2. The predicted molar refractivity (Wildman–Crippen MR) is 78.8 cm³/mol. The van der Waals surface area contributed by atoms with Gasteiger partial charge in [0.25, 0.3) is 5.91 Å². The van der Waals surface area contributed by atoms with Crippen LogP contribution in [0.15, 0.2) is 48.5 Å². The molecule has 2 amide bonds. The maximum atomic E-state index is 13.0. The van der Waals surface area contributed by atoms with E-state index in [4.69, 9.17) is 0 Å². The lowest BCUT2D eigenvalue weighted by molar-refractivity contribution is -0.137. The van der Waals surface area contributed by atoms with Crippen molar-refractivity contribution in [2.75, 3.05) is 11.9 Å². The molecule has 126 valence electrons. The second kappa shape index (κ2) is 7.12. The van der Waals surface area contributed by atoms with Crippen molar-refractivity contribution in [3.8, 4) is 0 Å². The van der Waals surface area contributed by atoms with Crippen LogP contribution < -0.4 is 10.6 Å². The third-order valence-electron chi connectivity index (χ3n) is 2.99. The molecule has 24 heavy (non-hydrogen) atoms. The van der Waals surface area contributed by atoms with Crippen LogP contribution in [0.2, 0.25) is 0 Å². The molecule has 2 aromatic carbocycles. The quantitative estimate of drug-likeness (QED) is 0.840. The molecule has 0 bridgehead atoms. The molecule has 0 spiro atoms. The first-order valence-corrected chi connectivity index (χ1v) is 6.76. The summed E-state index contributed by atoms with van der Waals surface area (Å²) in [5.74, 6) is -1.85. The SMILES string of the molecule is O=C(CNC(=O)c1cccc(F)c1)Nc1ccc(C(F)(F)F)cc1. The van der Waals surface area contributed by atoms with Crippen LogP contribution in [-0.2, 0) is 11.0 Å². The average Bonchev–Trinajstić information content (AvgIpc) is 2.52. The fourth-order valence-electron chi connectivity index (χ4n) is 1.84. The molecule has 0 saturated carbocycles. The summed E-state index contributed by atoms with van der Waals surface area (Å²) in [7, 11) is 0. The van der Waals surface area contributed by atoms with Crippen LogP contribution in [0.4, 0.5) is 23.2 Å².